The molecule has 3 aromatic carbocycles. The van der Waals surface area contributed by atoms with E-state index in [0.29, 0.717) is 22.7 Å². The van der Waals surface area contributed by atoms with E-state index in [0.717, 1.165) is 0 Å². The topological polar surface area (TPSA) is 96.3 Å². The Kier molecular flexibility index (Phi) is 5.15. The van der Waals surface area contributed by atoms with Gasteiger partial charge >= 0.3 is 0 Å². The highest BCUT2D eigenvalue weighted by Gasteiger charge is 2.47. The number of nitrogens with zero attached hydrogens (tertiary/aromatic N) is 1. The van der Waals surface area contributed by atoms with Crippen LogP contribution in [0.15, 0.2) is 66.2 Å². The van der Waals surface area contributed by atoms with Gasteiger partial charge in [0.15, 0.2) is 11.5 Å². The number of aromatic hydroxyl groups is 1. The number of anilines is 1. The Morgan fingerprint density at radius 3 is 2.48 bits per heavy atom. The van der Waals surface area contributed by atoms with Crippen molar-refractivity contribution < 1.29 is 29.3 Å². The summed E-state index contributed by atoms with van der Waals surface area (Å²) in [5.41, 5.74) is 0.860. The minimum absolute atomic E-state index is 0.0462. The summed E-state index contributed by atoms with van der Waals surface area (Å²) in [6.45, 7) is 0.0462. The zero-order valence-corrected chi connectivity index (χ0v) is 18.3. The maximum absolute atomic E-state index is 13.2. The number of hydrogen-bond acceptors (Lipinski definition) is 6. The number of ether oxygens (including phenoxy) is 2. The van der Waals surface area contributed by atoms with E-state index in [1.54, 1.807) is 30.3 Å². The van der Waals surface area contributed by atoms with E-state index < -0.39 is 17.7 Å². The van der Waals surface area contributed by atoms with Gasteiger partial charge in [-0.05, 0) is 54.1 Å². The Bertz CT molecular complexity index is 1350. The van der Waals surface area contributed by atoms with E-state index in [1.165, 1.54) is 35.2 Å². The molecule has 166 valence electrons. The van der Waals surface area contributed by atoms with Crippen molar-refractivity contribution in [1.29, 1.82) is 0 Å². The third-order valence-electron chi connectivity index (χ3n) is 5.46. The van der Waals surface area contributed by atoms with Gasteiger partial charge in [0, 0.05) is 11.3 Å². The van der Waals surface area contributed by atoms with E-state index >= 15 is 0 Å². The maximum Gasteiger partial charge on any atom is 0.300 e. The van der Waals surface area contributed by atoms with Crippen LogP contribution >= 0.6 is 23.2 Å². The number of benzene rings is 3. The first-order chi connectivity index (χ1) is 15.8. The second-order valence-electron chi connectivity index (χ2n) is 7.43. The molecular formula is C24H15Cl2NO6. The smallest absolute Gasteiger partial charge is 0.300 e. The predicted octanol–water partition coefficient (Wildman–Crippen LogP) is 5.05. The van der Waals surface area contributed by atoms with Crippen LogP contribution in [-0.2, 0) is 9.59 Å². The molecule has 9 heteroatoms. The fourth-order valence-electron chi connectivity index (χ4n) is 3.94. The lowest BCUT2D eigenvalue weighted by Crippen LogP contribution is -2.29. The van der Waals surface area contributed by atoms with Crippen LogP contribution in [0.1, 0.15) is 17.2 Å². The highest BCUT2D eigenvalue weighted by Crippen LogP contribution is 2.44. The van der Waals surface area contributed by atoms with E-state index in [4.69, 9.17) is 32.7 Å². The van der Waals surface area contributed by atoms with Crippen molar-refractivity contribution in [2.75, 3.05) is 11.7 Å². The normalized spacial score (nSPS) is 18.7. The Morgan fingerprint density at radius 1 is 0.939 bits per heavy atom. The van der Waals surface area contributed by atoms with Crippen LogP contribution in [0.2, 0.25) is 10.0 Å². The fraction of sp³-hybridized carbons (Fsp3) is 0.0833. The molecular weight excluding hydrogens is 469 g/mol. The van der Waals surface area contributed by atoms with Crippen LogP contribution in [0.25, 0.3) is 5.76 Å². The van der Waals surface area contributed by atoms with Gasteiger partial charge in [-0.1, -0.05) is 35.3 Å². The number of carbonyl (C=O) groups is 2. The molecule has 33 heavy (non-hydrogen) atoms. The first kappa shape index (κ1) is 21.2. The second kappa shape index (κ2) is 8.03. The van der Waals surface area contributed by atoms with Crippen molar-refractivity contribution in [3.05, 3.63) is 87.4 Å². The number of carbonyl (C=O) groups excluding carboxylic acids is 2. The van der Waals surface area contributed by atoms with Crippen molar-refractivity contribution in [2.24, 2.45) is 0 Å². The van der Waals surface area contributed by atoms with E-state index in [1.807, 2.05) is 0 Å². The quantitative estimate of drug-likeness (QED) is 0.307. The third-order valence-corrected chi connectivity index (χ3v) is 6.20. The molecule has 0 radical (unpaired) electrons. The van der Waals surface area contributed by atoms with Gasteiger partial charge in [0.05, 0.1) is 21.7 Å². The lowest BCUT2D eigenvalue weighted by molar-refractivity contribution is -0.132. The fourth-order valence-corrected chi connectivity index (χ4v) is 4.24. The van der Waals surface area contributed by atoms with Gasteiger partial charge in [0.2, 0.25) is 6.79 Å². The molecule has 0 saturated carbocycles. The summed E-state index contributed by atoms with van der Waals surface area (Å²) < 4.78 is 10.7. The molecule has 1 amide bonds. The minimum atomic E-state index is -1.03. The van der Waals surface area contributed by atoms with Gasteiger partial charge in [-0.3, -0.25) is 14.5 Å². The number of rotatable bonds is 3. The molecule has 2 aliphatic heterocycles. The average molecular weight is 484 g/mol. The number of fused-ring (bicyclic) bond motifs is 1. The molecule has 0 aromatic heterocycles. The van der Waals surface area contributed by atoms with Gasteiger partial charge in [-0.15, -0.1) is 0 Å². The van der Waals surface area contributed by atoms with E-state index in [2.05, 4.69) is 0 Å². The largest absolute Gasteiger partial charge is 0.508 e. The van der Waals surface area contributed by atoms with Crippen LogP contribution in [0.4, 0.5) is 5.69 Å². The highest BCUT2D eigenvalue weighted by atomic mass is 35.5. The van der Waals surface area contributed by atoms with Crippen LogP contribution in [-0.4, -0.2) is 28.7 Å². The molecule has 7 nitrogen and oxygen atoms in total. The molecule has 3 aromatic rings. The third kappa shape index (κ3) is 3.55. The van der Waals surface area contributed by atoms with Crippen LogP contribution in [0, 0.1) is 0 Å². The van der Waals surface area contributed by atoms with Gasteiger partial charge in [0.25, 0.3) is 11.7 Å². The molecule has 2 aliphatic rings. The lowest BCUT2D eigenvalue weighted by Gasteiger charge is -2.25. The lowest BCUT2D eigenvalue weighted by atomic mass is 9.95. The molecule has 1 unspecified atom stereocenters. The van der Waals surface area contributed by atoms with Crippen LogP contribution in [0.3, 0.4) is 0 Å². The van der Waals surface area contributed by atoms with Crippen molar-refractivity contribution >= 4 is 46.3 Å². The summed E-state index contributed by atoms with van der Waals surface area (Å²) in [6.07, 6.45) is 0. The molecule has 1 atom stereocenters. The molecule has 0 aliphatic carbocycles. The number of hydrogen-bond donors (Lipinski definition) is 2. The van der Waals surface area contributed by atoms with Gasteiger partial charge < -0.3 is 19.7 Å². The molecule has 2 N–H and O–H groups in total. The molecule has 0 spiro atoms. The van der Waals surface area contributed by atoms with E-state index in [9.17, 15) is 19.8 Å². The molecule has 1 fully saturated rings. The number of aliphatic hydroxyl groups is 1. The summed E-state index contributed by atoms with van der Waals surface area (Å²) in [4.78, 5) is 27.5. The highest BCUT2D eigenvalue weighted by molar-refractivity contribution is 6.52. The van der Waals surface area contributed by atoms with Gasteiger partial charge in [0.1, 0.15) is 11.5 Å². The number of phenols is 1. The second-order valence-corrected chi connectivity index (χ2v) is 8.24. The van der Waals surface area contributed by atoms with Crippen molar-refractivity contribution in [1.82, 2.24) is 0 Å². The average Bonchev–Trinajstić information content (AvgIpc) is 3.37. The van der Waals surface area contributed by atoms with Gasteiger partial charge in [-0.25, -0.2) is 0 Å². The summed E-state index contributed by atoms with van der Waals surface area (Å²) >= 11 is 12.2. The van der Waals surface area contributed by atoms with Gasteiger partial charge in [-0.2, -0.15) is 0 Å². The Hall–Kier alpha value is -3.68. The summed E-state index contributed by atoms with van der Waals surface area (Å²) in [5, 5.41) is 21.7. The number of aliphatic hydroxyl groups excluding tert-OH is 1. The molecule has 2 heterocycles. The van der Waals surface area contributed by atoms with Crippen molar-refractivity contribution in [3.63, 3.8) is 0 Å². The first-order valence-corrected chi connectivity index (χ1v) is 10.6. The summed E-state index contributed by atoms with van der Waals surface area (Å²) in [5.74, 6) is -1.27. The number of ketones is 1. The minimum Gasteiger partial charge on any atom is -0.508 e. The van der Waals surface area contributed by atoms with E-state index in [-0.39, 0.29) is 39.5 Å². The first-order valence-electron chi connectivity index (χ1n) is 9.80. The molecule has 0 bridgehead atoms. The summed E-state index contributed by atoms with van der Waals surface area (Å²) in [6, 6.07) is 14.3. The molecule has 5 rings (SSSR count). The Balaban J connectivity index is 1.72. The van der Waals surface area contributed by atoms with Crippen LogP contribution in [0.5, 0.6) is 17.2 Å². The summed E-state index contributed by atoms with van der Waals surface area (Å²) in [7, 11) is 0. The Labute approximate surface area is 198 Å². The molecule has 1 saturated heterocycles. The van der Waals surface area contributed by atoms with Crippen molar-refractivity contribution in [2.45, 2.75) is 6.04 Å². The number of halogens is 2. The SMILES string of the molecule is O=C1C(=O)N(c2ccc(Cl)c(Cl)c2)C(c2cccc(O)c2)/C1=C(/O)c1ccc2c(c1)OCO2. The maximum atomic E-state index is 13.2. The zero-order chi connectivity index (χ0) is 23.3. The Morgan fingerprint density at radius 2 is 1.73 bits per heavy atom. The number of phenolic OH excluding ortho intramolecular Hbond substituents is 1. The predicted molar refractivity (Wildman–Crippen MR) is 122 cm³/mol. The number of amides is 1. The number of Topliss-reactive ketones (excluding diaryl/α,β-unsaturated/α-hetero) is 1. The zero-order valence-electron chi connectivity index (χ0n) is 16.8. The standard InChI is InChI=1S/C24H15Cl2NO6/c25-16-6-5-14(10-17(16)26)27-21(12-2-1-3-15(28)8-12)20(23(30)24(27)31)22(29)13-4-7-18-19(9-13)33-11-32-18/h1-10,21,28-29H,11H2/b22-20-. The van der Waals surface area contributed by atoms with Crippen LogP contribution < -0.4 is 14.4 Å². The monoisotopic (exact) mass is 483 g/mol. The van der Waals surface area contributed by atoms with Crippen molar-refractivity contribution in [3.8, 4) is 17.2 Å².